The molecule has 0 aliphatic heterocycles. The van der Waals surface area contributed by atoms with Crippen molar-refractivity contribution in [1.29, 1.82) is 0 Å². The average Bonchev–Trinajstić information content (AvgIpc) is 3.35. The Kier molecular flexibility index (Phi) is 6.36. The number of anilines is 1. The number of aromatic nitrogens is 5. The third kappa shape index (κ3) is 4.54. The minimum atomic E-state index is -0.391. The van der Waals surface area contributed by atoms with Gasteiger partial charge >= 0.3 is 0 Å². The second kappa shape index (κ2) is 10.1. The quantitative estimate of drug-likeness (QED) is 0.318. The molecule has 196 valence electrons. The number of carbonyl (C=O) groups excluding carboxylic acids is 1. The Labute approximate surface area is 223 Å². The van der Waals surface area contributed by atoms with E-state index in [0.717, 1.165) is 5.39 Å². The number of nitrogen functional groups attached to an aromatic ring is 1. The van der Waals surface area contributed by atoms with Gasteiger partial charge < -0.3 is 15.8 Å². The molecule has 0 unspecified atom stereocenters. The molecule has 9 nitrogen and oxygen atoms in total. The first-order valence-electron chi connectivity index (χ1n) is 12.8. The normalized spacial score (nSPS) is 16.6. The second-order valence-electron chi connectivity index (χ2n) is 9.42. The Morgan fingerprint density at radius 2 is 1.92 bits per heavy atom. The van der Waals surface area contributed by atoms with Crippen LogP contribution in [0.2, 0.25) is 0 Å². The first-order chi connectivity index (χ1) is 19.0. The molecule has 3 aromatic heterocycles. The molecule has 1 saturated carbocycles. The summed E-state index contributed by atoms with van der Waals surface area (Å²) in [5.41, 5.74) is 8.56. The third-order valence-electron chi connectivity index (χ3n) is 6.95. The maximum absolute atomic E-state index is 15.0. The molecule has 6 rings (SSSR count). The van der Waals surface area contributed by atoms with Crippen LogP contribution in [-0.2, 0) is 0 Å². The number of fused-ring (bicyclic) bond motifs is 1. The number of para-hydroxylation sites is 2. The number of amides is 1. The second-order valence-corrected chi connectivity index (χ2v) is 9.42. The van der Waals surface area contributed by atoms with Crippen LogP contribution in [0, 0.1) is 5.82 Å². The minimum absolute atomic E-state index is 0.0276. The summed E-state index contributed by atoms with van der Waals surface area (Å²) in [5, 5.41) is 12.7. The van der Waals surface area contributed by atoms with Crippen molar-refractivity contribution < 1.29 is 13.9 Å². The van der Waals surface area contributed by atoms with E-state index >= 15 is 0 Å². The van der Waals surface area contributed by atoms with Crippen LogP contribution < -0.4 is 15.8 Å². The number of hydrogen-bond donors (Lipinski definition) is 2. The SMILES string of the molecule is CCOc1ccc(-c2nnc([C@H]3C[C@H](NC(=O)c4cccc5c(N)ccnc45)C3)n2-c2ccccc2F)nc1. The summed E-state index contributed by atoms with van der Waals surface area (Å²) in [6.45, 7) is 2.43. The maximum Gasteiger partial charge on any atom is 0.253 e. The van der Waals surface area contributed by atoms with Gasteiger partial charge in [-0.1, -0.05) is 24.3 Å². The molecule has 3 heterocycles. The molecule has 0 spiro atoms. The molecular formula is C29H26FN7O2. The molecule has 5 aromatic rings. The van der Waals surface area contributed by atoms with E-state index in [0.29, 0.717) is 65.0 Å². The number of halogens is 1. The molecule has 3 N–H and O–H groups in total. The van der Waals surface area contributed by atoms with E-state index in [4.69, 9.17) is 10.5 Å². The van der Waals surface area contributed by atoms with Crippen LogP contribution in [-0.4, -0.2) is 43.3 Å². The van der Waals surface area contributed by atoms with E-state index in [1.807, 2.05) is 13.0 Å². The predicted octanol–water partition coefficient (Wildman–Crippen LogP) is 4.67. The number of ether oxygens (including phenoxy) is 1. The van der Waals surface area contributed by atoms with Gasteiger partial charge in [0.2, 0.25) is 0 Å². The third-order valence-corrected chi connectivity index (χ3v) is 6.95. The molecule has 10 heteroatoms. The zero-order chi connectivity index (χ0) is 26.9. The number of nitrogens with one attached hydrogen (secondary N) is 1. The van der Waals surface area contributed by atoms with E-state index in [-0.39, 0.29) is 17.9 Å². The van der Waals surface area contributed by atoms with E-state index in [1.54, 1.807) is 65.5 Å². The lowest BCUT2D eigenvalue weighted by molar-refractivity contribution is 0.0908. The van der Waals surface area contributed by atoms with Gasteiger partial charge in [0, 0.05) is 29.2 Å². The van der Waals surface area contributed by atoms with Gasteiger partial charge in [-0.2, -0.15) is 0 Å². The van der Waals surface area contributed by atoms with Crippen molar-refractivity contribution in [3.8, 4) is 23.0 Å². The minimum Gasteiger partial charge on any atom is -0.492 e. The molecule has 1 aliphatic carbocycles. The van der Waals surface area contributed by atoms with Gasteiger partial charge in [0.05, 0.1) is 29.6 Å². The highest BCUT2D eigenvalue weighted by molar-refractivity contribution is 6.07. The van der Waals surface area contributed by atoms with Gasteiger partial charge in [0.15, 0.2) is 5.82 Å². The predicted molar refractivity (Wildman–Crippen MR) is 145 cm³/mol. The fraction of sp³-hybridized carbons (Fsp3) is 0.207. The molecule has 39 heavy (non-hydrogen) atoms. The Morgan fingerprint density at radius 3 is 2.69 bits per heavy atom. The summed E-state index contributed by atoms with van der Waals surface area (Å²) in [4.78, 5) is 22.0. The van der Waals surface area contributed by atoms with Gasteiger partial charge in [0.25, 0.3) is 5.91 Å². The van der Waals surface area contributed by atoms with Gasteiger partial charge in [-0.05, 0) is 56.2 Å². The van der Waals surface area contributed by atoms with Crippen LogP contribution in [0.1, 0.15) is 41.9 Å². The van der Waals surface area contributed by atoms with E-state index in [1.165, 1.54) is 6.07 Å². The lowest BCUT2D eigenvalue weighted by atomic mass is 9.79. The fourth-order valence-corrected chi connectivity index (χ4v) is 4.95. The number of benzene rings is 2. The maximum atomic E-state index is 15.0. The largest absolute Gasteiger partial charge is 0.492 e. The van der Waals surface area contributed by atoms with Crippen molar-refractivity contribution in [2.45, 2.75) is 31.7 Å². The van der Waals surface area contributed by atoms with Crippen LogP contribution in [0.4, 0.5) is 10.1 Å². The van der Waals surface area contributed by atoms with E-state index in [2.05, 4.69) is 25.5 Å². The van der Waals surface area contributed by atoms with Gasteiger partial charge in [-0.15, -0.1) is 10.2 Å². The smallest absolute Gasteiger partial charge is 0.253 e. The summed E-state index contributed by atoms with van der Waals surface area (Å²) < 4.78 is 22.2. The number of pyridine rings is 2. The standard InChI is InChI=1S/C29H26FN7O2/c1-2-39-19-10-11-24(33-16-19)28-36-35-27(37(28)25-9-4-3-8-22(25)30)17-14-18(15-17)34-29(38)21-7-5-6-20-23(31)12-13-32-26(20)21/h3-13,16-18H,2,14-15H2,1H3,(H2,31,32)(H,34,38)/t17-,18-. The van der Waals surface area contributed by atoms with Crippen LogP contribution >= 0.6 is 0 Å². The van der Waals surface area contributed by atoms with Crippen LogP contribution in [0.3, 0.4) is 0 Å². The number of nitrogens with two attached hydrogens (primary N) is 1. The molecule has 2 aromatic carbocycles. The molecule has 1 amide bonds. The Balaban J connectivity index is 1.25. The van der Waals surface area contributed by atoms with Gasteiger partial charge in [-0.3, -0.25) is 14.3 Å². The first-order valence-corrected chi connectivity index (χ1v) is 12.8. The van der Waals surface area contributed by atoms with Crippen molar-refractivity contribution in [1.82, 2.24) is 30.0 Å². The van der Waals surface area contributed by atoms with Crippen LogP contribution in [0.25, 0.3) is 28.1 Å². The first kappa shape index (κ1) is 24.5. The van der Waals surface area contributed by atoms with Gasteiger partial charge in [0.1, 0.15) is 23.1 Å². The topological polar surface area (TPSA) is 121 Å². The Bertz CT molecular complexity index is 1660. The summed E-state index contributed by atoms with van der Waals surface area (Å²) in [5.74, 6) is 1.07. The summed E-state index contributed by atoms with van der Waals surface area (Å²) in [7, 11) is 0. The summed E-state index contributed by atoms with van der Waals surface area (Å²) in [6, 6.07) is 17.1. The van der Waals surface area contributed by atoms with E-state index in [9.17, 15) is 9.18 Å². The highest BCUT2D eigenvalue weighted by Gasteiger charge is 2.37. The Hall–Kier alpha value is -4.86. The molecule has 0 bridgehead atoms. The van der Waals surface area contributed by atoms with Crippen molar-refractivity contribution in [2.24, 2.45) is 0 Å². The zero-order valence-electron chi connectivity index (χ0n) is 21.2. The van der Waals surface area contributed by atoms with Crippen LogP contribution in [0.15, 0.2) is 73.1 Å². The number of nitrogens with zero attached hydrogens (tertiary/aromatic N) is 5. The molecule has 0 saturated heterocycles. The van der Waals surface area contributed by atoms with Crippen LogP contribution in [0.5, 0.6) is 5.75 Å². The number of carbonyl (C=O) groups is 1. The average molecular weight is 524 g/mol. The molecule has 0 atom stereocenters. The monoisotopic (exact) mass is 523 g/mol. The highest BCUT2D eigenvalue weighted by Crippen LogP contribution is 2.39. The van der Waals surface area contributed by atoms with Crippen molar-refractivity contribution in [3.05, 3.63) is 90.3 Å². The molecule has 1 aliphatic rings. The summed E-state index contributed by atoms with van der Waals surface area (Å²) in [6.07, 6.45) is 4.48. The molecule has 0 radical (unpaired) electrons. The van der Waals surface area contributed by atoms with Gasteiger partial charge in [-0.25, -0.2) is 9.37 Å². The zero-order valence-corrected chi connectivity index (χ0v) is 21.2. The van der Waals surface area contributed by atoms with Crippen molar-refractivity contribution in [3.63, 3.8) is 0 Å². The number of rotatable bonds is 7. The lowest BCUT2D eigenvalue weighted by Crippen LogP contribution is -2.44. The molecule has 1 fully saturated rings. The van der Waals surface area contributed by atoms with E-state index < -0.39 is 5.82 Å². The summed E-state index contributed by atoms with van der Waals surface area (Å²) >= 11 is 0. The highest BCUT2D eigenvalue weighted by atomic mass is 19.1. The van der Waals surface area contributed by atoms with Crippen molar-refractivity contribution >= 4 is 22.5 Å². The fourth-order valence-electron chi connectivity index (χ4n) is 4.95. The molecular weight excluding hydrogens is 497 g/mol. The Morgan fingerprint density at radius 1 is 1.08 bits per heavy atom. The van der Waals surface area contributed by atoms with Crippen molar-refractivity contribution in [2.75, 3.05) is 12.3 Å². The lowest BCUT2D eigenvalue weighted by Gasteiger charge is -2.35. The number of hydrogen-bond acceptors (Lipinski definition) is 7.